The van der Waals surface area contributed by atoms with Crippen LogP contribution in [-0.2, 0) is 11.3 Å². The summed E-state index contributed by atoms with van der Waals surface area (Å²) >= 11 is 1.55. The van der Waals surface area contributed by atoms with Crippen molar-refractivity contribution in [2.75, 3.05) is 13.1 Å². The Morgan fingerprint density at radius 1 is 1.48 bits per heavy atom. The van der Waals surface area contributed by atoms with Gasteiger partial charge in [0.15, 0.2) is 0 Å². The fourth-order valence-corrected chi connectivity index (χ4v) is 3.90. The van der Waals surface area contributed by atoms with Crippen LogP contribution in [0.1, 0.15) is 32.7 Å². The lowest BCUT2D eigenvalue weighted by Crippen LogP contribution is -2.49. The average Bonchev–Trinajstić information content (AvgIpc) is 3.14. The van der Waals surface area contributed by atoms with Gasteiger partial charge in [0.25, 0.3) is 5.91 Å². The standard InChI is InChI=1S/C14H16N4O2S/c1-9-2-3-13(21-9)14(19)17-5-4-12-11(7-17)18-10(8-20-12)6-15-16-18/h2-3,6,11-12H,4-5,7-8H2,1H3. The number of hydrogen-bond acceptors (Lipinski definition) is 5. The number of ether oxygens (including phenoxy) is 1. The van der Waals surface area contributed by atoms with E-state index in [0.29, 0.717) is 13.2 Å². The molecule has 1 amide bonds. The van der Waals surface area contributed by atoms with Crippen LogP contribution < -0.4 is 0 Å². The molecular formula is C14H16N4O2S. The Kier molecular flexibility index (Phi) is 3.04. The third-order valence-electron chi connectivity index (χ3n) is 4.17. The minimum absolute atomic E-state index is 0.0787. The van der Waals surface area contributed by atoms with Gasteiger partial charge < -0.3 is 9.64 Å². The predicted molar refractivity (Wildman–Crippen MR) is 77.2 cm³/mol. The van der Waals surface area contributed by atoms with Crippen molar-refractivity contribution < 1.29 is 9.53 Å². The van der Waals surface area contributed by atoms with Crippen molar-refractivity contribution in [1.29, 1.82) is 0 Å². The van der Waals surface area contributed by atoms with Gasteiger partial charge in [0, 0.05) is 18.0 Å². The minimum atomic E-state index is 0.0787. The Labute approximate surface area is 126 Å². The zero-order valence-electron chi connectivity index (χ0n) is 11.7. The number of amides is 1. The summed E-state index contributed by atoms with van der Waals surface area (Å²) in [5.41, 5.74) is 0.984. The van der Waals surface area contributed by atoms with Crippen LogP contribution in [0.2, 0.25) is 0 Å². The van der Waals surface area contributed by atoms with E-state index < -0.39 is 0 Å². The first-order valence-electron chi connectivity index (χ1n) is 7.09. The number of aromatic nitrogens is 3. The molecule has 0 aliphatic carbocycles. The van der Waals surface area contributed by atoms with Crippen LogP contribution in [0, 0.1) is 6.92 Å². The van der Waals surface area contributed by atoms with E-state index in [1.165, 1.54) is 0 Å². The summed E-state index contributed by atoms with van der Waals surface area (Å²) in [5, 5.41) is 8.12. The summed E-state index contributed by atoms with van der Waals surface area (Å²) in [6.45, 7) is 3.95. The zero-order valence-corrected chi connectivity index (χ0v) is 12.5. The molecule has 0 saturated carbocycles. The molecule has 2 aromatic rings. The van der Waals surface area contributed by atoms with Crippen molar-refractivity contribution in [1.82, 2.24) is 19.9 Å². The number of piperidine rings is 1. The van der Waals surface area contributed by atoms with Crippen molar-refractivity contribution in [2.24, 2.45) is 0 Å². The van der Waals surface area contributed by atoms with Crippen LogP contribution in [0.4, 0.5) is 0 Å². The summed E-state index contributed by atoms with van der Waals surface area (Å²) in [6, 6.07) is 3.98. The summed E-state index contributed by atoms with van der Waals surface area (Å²) in [4.78, 5) is 16.5. The van der Waals surface area contributed by atoms with Crippen molar-refractivity contribution in [3.05, 3.63) is 33.8 Å². The Morgan fingerprint density at radius 3 is 3.19 bits per heavy atom. The number of nitrogens with zero attached hydrogens (tertiary/aromatic N) is 4. The maximum absolute atomic E-state index is 12.6. The van der Waals surface area contributed by atoms with Crippen LogP contribution >= 0.6 is 11.3 Å². The zero-order chi connectivity index (χ0) is 14.4. The number of rotatable bonds is 1. The van der Waals surface area contributed by atoms with Crippen LogP contribution in [0.3, 0.4) is 0 Å². The first-order valence-corrected chi connectivity index (χ1v) is 7.90. The molecule has 2 aromatic heterocycles. The van der Waals surface area contributed by atoms with E-state index in [0.717, 1.165) is 28.4 Å². The van der Waals surface area contributed by atoms with Crippen LogP contribution in [0.5, 0.6) is 0 Å². The fraction of sp³-hybridized carbons (Fsp3) is 0.500. The van der Waals surface area contributed by atoms with Crippen LogP contribution in [-0.4, -0.2) is 45.0 Å². The second-order valence-electron chi connectivity index (χ2n) is 5.54. The van der Waals surface area contributed by atoms with Crippen molar-refractivity contribution >= 4 is 17.2 Å². The highest BCUT2D eigenvalue weighted by Gasteiger charge is 2.38. The van der Waals surface area contributed by atoms with Crippen LogP contribution in [0.15, 0.2) is 18.3 Å². The van der Waals surface area contributed by atoms with Gasteiger partial charge in [-0.1, -0.05) is 5.21 Å². The van der Waals surface area contributed by atoms with E-state index in [9.17, 15) is 4.79 Å². The number of hydrogen-bond donors (Lipinski definition) is 0. The quantitative estimate of drug-likeness (QED) is 0.803. The number of aryl methyl sites for hydroxylation is 1. The van der Waals surface area contributed by atoms with Gasteiger partial charge in [-0.15, -0.1) is 16.4 Å². The lowest BCUT2D eigenvalue weighted by Gasteiger charge is -2.40. The maximum atomic E-state index is 12.6. The first kappa shape index (κ1) is 13.0. The molecule has 4 rings (SSSR count). The summed E-state index contributed by atoms with van der Waals surface area (Å²) in [5.74, 6) is 0.110. The van der Waals surface area contributed by atoms with E-state index in [1.54, 1.807) is 17.5 Å². The number of carbonyl (C=O) groups excluding carboxylic acids is 1. The molecule has 1 saturated heterocycles. The molecule has 0 radical (unpaired) electrons. The first-order chi connectivity index (χ1) is 10.2. The third kappa shape index (κ3) is 2.16. The van der Waals surface area contributed by atoms with Crippen molar-refractivity contribution in [3.8, 4) is 0 Å². The lowest BCUT2D eigenvalue weighted by atomic mass is 10.0. The molecule has 0 N–H and O–H groups in total. The topological polar surface area (TPSA) is 60.3 Å². The fourth-order valence-electron chi connectivity index (χ4n) is 3.07. The van der Waals surface area contributed by atoms with E-state index in [1.807, 2.05) is 28.6 Å². The Bertz CT molecular complexity index is 680. The number of fused-ring (bicyclic) bond motifs is 3. The molecule has 7 heteroatoms. The molecule has 0 bridgehead atoms. The summed E-state index contributed by atoms with van der Waals surface area (Å²) in [7, 11) is 0. The molecule has 6 nitrogen and oxygen atoms in total. The molecule has 2 unspecified atom stereocenters. The monoisotopic (exact) mass is 304 g/mol. The maximum Gasteiger partial charge on any atom is 0.264 e. The molecule has 110 valence electrons. The molecule has 0 aromatic carbocycles. The average molecular weight is 304 g/mol. The molecule has 1 fully saturated rings. The van der Waals surface area contributed by atoms with Gasteiger partial charge in [0.2, 0.25) is 0 Å². The van der Waals surface area contributed by atoms with Crippen molar-refractivity contribution in [2.45, 2.75) is 32.1 Å². The third-order valence-corrected chi connectivity index (χ3v) is 5.16. The van der Waals surface area contributed by atoms with Gasteiger partial charge in [-0.05, 0) is 25.5 Å². The molecule has 2 atom stereocenters. The largest absolute Gasteiger partial charge is 0.370 e. The molecule has 2 aliphatic rings. The van der Waals surface area contributed by atoms with E-state index in [4.69, 9.17) is 4.74 Å². The highest BCUT2D eigenvalue weighted by Crippen LogP contribution is 2.31. The van der Waals surface area contributed by atoms with E-state index >= 15 is 0 Å². The Balaban J connectivity index is 1.57. The van der Waals surface area contributed by atoms with Gasteiger partial charge in [-0.25, -0.2) is 4.68 Å². The molecule has 21 heavy (non-hydrogen) atoms. The predicted octanol–water partition coefficient (Wildman–Crippen LogP) is 1.63. The highest BCUT2D eigenvalue weighted by atomic mass is 32.1. The second-order valence-corrected chi connectivity index (χ2v) is 6.82. The van der Waals surface area contributed by atoms with Gasteiger partial charge in [0.1, 0.15) is 0 Å². The Morgan fingerprint density at radius 2 is 2.38 bits per heavy atom. The Hall–Kier alpha value is -1.73. The molecule has 0 spiro atoms. The normalized spacial score (nSPS) is 24.5. The SMILES string of the molecule is Cc1ccc(C(=O)N2CCC3OCc4cnnn4C3C2)s1. The summed E-state index contributed by atoms with van der Waals surface area (Å²) < 4.78 is 7.79. The molecule has 4 heterocycles. The van der Waals surface area contributed by atoms with Gasteiger partial charge in [-0.2, -0.15) is 0 Å². The van der Waals surface area contributed by atoms with Gasteiger partial charge in [-0.3, -0.25) is 4.79 Å². The van der Waals surface area contributed by atoms with Gasteiger partial charge in [0.05, 0.1) is 35.5 Å². The lowest BCUT2D eigenvalue weighted by molar-refractivity contribution is -0.0604. The second kappa shape index (κ2) is 4.92. The number of thiophene rings is 1. The smallest absolute Gasteiger partial charge is 0.264 e. The van der Waals surface area contributed by atoms with Crippen molar-refractivity contribution in [3.63, 3.8) is 0 Å². The van der Waals surface area contributed by atoms with Gasteiger partial charge >= 0.3 is 0 Å². The van der Waals surface area contributed by atoms with E-state index in [-0.39, 0.29) is 18.1 Å². The minimum Gasteiger partial charge on any atom is -0.370 e. The summed E-state index contributed by atoms with van der Waals surface area (Å²) in [6.07, 6.45) is 2.72. The van der Waals surface area contributed by atoms with Crippen LogP contribution in [0.25, 0.3) is 0 Å². The molecule has 2 aliphatic heterocycles. The molecular weight excluding hydrogens is 288 g/mol. The van der Waals surface area contributed by atoms with E-state index in [2.05, 4.69) is 10.3 Å². The number of likely N-dealkylation sites (tertiary alicyclic amines) is 1. The highest BCUT2D eigenvalue weighted by molar-refractivity contribution is 7.13. The number of carbonyl (C=O) groups is 1.